The van der Waals surface area contributed by atoms with Gasteiger partial charge in [0.1, 0.15) is 11.5 Å². The molecule has 104 valence electrons. The molecule has 1 heterocycles. The predicted octanol–water partition coefficient (Wildman–Crippen LogP) is 5.47. The van der Waals surface area contributed by atoms with Crippen LogP contribution in [-0.4, -0.2) is 0 Å². The third-order valence-electron chi connectivity index (χ3n) is 3.78. The first-order valence-electron chi connectivity index (χ1n) is 6.85. The van der Waals surface area contributed by atoms with Crippen molar-refractivity contribution < 1.29 is 4.74 Å². The minimum absolute atomic E-state index is 0. The summed E-state index contributed by atoms with van der Waals surface area (Å²) in [4.78, 5) is 0. The Hall–Kier alpha value is -2.25. The summed E-state index contributed by atoms with van der Waals surface area (Å²) in [5, 5.41) is 0. The largest absolute Gasteiger partial charge is 0.457 e. The molecule has 21 heavy (non-hydrogen) atoms. The number of fused-ring (bicyclic) bond motifs is 2. The van der Waals surface area contributed by atoms with Crippen LogP contribution in [0.4, 0.5) is 0 Å². The second-order valence-corrected chi connectivity index (χ2v) is 5.03. The molecule has 0 unspecified atom stereocenters. The summed E-state index contributed by atoms with van der Waals surface area (Å²) in [6.07, 6.45) is 0.927. The van der Waals surface area contributed by atoms with Gasteiger partial charge in [-0.1, -0.05) is 60.7 Å². The average Bonchev–Trinajstić information content (AvgIpc) is 2.53. The topological polar surface area (TPSA) is 9.23 Å². The molecule has 4 rings (SSSR count). The van der Waals surface area contributed by atoms with Crippen LogP contribution in [0.25, 0.3) is 11.1 Å². The van der Waals surface area contributed by atoms with Gasteiger partial charge in [0.25, 0.3) is 0 Å². The summed E-state index contributed by atoms with van der Waals surface area (Å²) in [7, 11) is 0. The number of para-hydroxylation sites is 1. The van der Waals surface area contributed by atoms with Crippen molar-refractivity contribution in [2.45, 2.75) is 6.42 Å². The normalized spacial score (nSPS) is 11.6. The lowest BCUT2D eigenvalue weighted by Gasteiger charge is -2.22. The molecular weight excluding hydrogens is 280 g/mol. The Labute approximate surface area is 130 Å². The fourth-order valence-electron chi connectivity index (χ4n) is 2.79. The van der Waals surface area contributed by atoms with Crippen molar-refractivity contribution in [3.63, 3.8) is 0 Å². The molecule has 1 aliphatic heterocycles. The molecule has 0 spiro atoms. The van der Waals surface area contributed by atoms with E-state index in [1.165, 1.54) is 22.3 Å². The first-order valence-corrected chi connectivity index (χ1v) is 6.85. The van der Waals surface area contributed by atoms with Crippen LogP contribution in [0.5, 0.6) is 11.5 Å². The lowest BCUT2D eigenvalue weighted by Crippen LogP contribution is -2.04. The number of halogens is 1. The number of benzene rings is 3. The van der Waals surface area contributed by atoms with Gasteiger partial charge in [-0.3, -0.25) is 0 Å². The van der Waals surface area contributed by atoms with Gasteiger partial charge in [0.05, 0.1) is 0 Å². The Morgan fingerprint density at radius 3 is 2.24 bits per heavy atom. The number of ether oxygens (including phenoxy) is 1. The van der Waals surface area contributed by atoms with Crippen molar-refractivity contribution >= 4 is 12.4 Å². The molecule has 3 aromatic carbocycles. The van der Waals surface area contributed by atoms with Crippen molar-refractivity contribution in [2.24, 2.45) is 0 Å². The first-order chi connectivity index (χ1) is 9.92. The van der Waals surface area contributed by atoms with Crippen LogP contribution >= 0.6 is 12.4 Å². The Bertz CT molecular complexity index is 766. The summed E-state index contributed by atoms with van der Waals surface area (Å²) in [6, 6.07) is 25.0. The van der Waals surface area contributed by atoms with Gasteiger partial charge in [-0.2, -0.15) is 0 Å². The molecule has 0 amide bonds. The van der Waals surface area contributed by atoms with Crippen LogP contribution in [-0.2, 0) is 6.42 Å². The Morgan fingerprint density at radius 2 is 1.38 bits per heavy atom. The van der Waals surface area contributed by atoms with Gasteiger partial charge < -0.3 is 4.74 Å². The molecular formula is C19H15ClO. The molecule has 0 aromatic heterocycles. The molecule has 0 N–H and O–H groups in total. The average molecular weight is 295 g/mol. The summed E-state index contributed by atoms with van der Waals surface area (Å²) in [6.45, 7) is 0. The molecule has 0 fully saturated rings. The molecule has 3 aromatic rings. The smallest absolute Gasteiger partial charge is 0.131 e. The molecule has 0 atom stereocenters. The first kappa shape index (κ1) is 13.7. The van der Waals surface area contributed by atoms with Gasteiger partial charge in [-0.15, -0.1) is 12.4 Å². The zero-order valence-electron chi connectivity index (χ0n) is 11.5. The highest BCUT2D eigenvalue weighted by Crippen LogP contribution is 2.40. The minimum atomic E-state index is 0. The van der Waals surface area contributed by atoms with E-state index >= 15 is 0 Å². The lowest BCUT2D eigenvalue weighted by atomic mass is 9.92. The molecule has 0 bridgehead atoms. The maximum absolute atomic E-state index is 6.04. The molecule has 2 heteroatoms. The highest BCUT2D eigenvalue weighted by Gasteiger charge is 2.19. The van der Waals surface area contributed by atoms with E-state index in [-0.39, 0.29) is 12.4 Å². The third kappa shape index (κ3) is 2.41. The van der Waals surface area contributed by atoms with Crippen LogP contribution in [0.2, 0.25) is 0 Å². The monoisotopic (exact) mass is 294 g/mol. The number of rotatable bonds is 1. The van der Waals surface area contributed by atoms with E-state index in [4.69, 9.17) is 4.74 Å². The highest BCUT2D eigenvalue weighted by molar-refractivity contribution is 5.85. The van der Waals surface area contributed by atoms with Crippen molar-refractivity contribution in [2.75, 3.05) is 0 Å². The maximum Gasteiger partial charge on any atom is 0.131 e. The van der Waals surface area contributed by atoms with Crippen molar-refractivity contribution in [1.29, 1.82) is 0 Å². The van der Waals surface area contributed by atoms with Gasteiger partial charge in [-0.05, 0) is 28.8 Å². The molecule has 0 saturated heterocycles. The van der Waals surface area contributed by atoms with Crippen LogP contribution < -0.4 is 4.74 Å². The SMILES string of the molecule is Cl.c1ccc(-c2cccc3c2Cc2ccccc2O3)cc1. The Kier molecular flexibility index (Phi) is 3.68. The zero-order chi connectivity index (χ0) is 13.4. The molecule has 0 saturated carbocycles. The van der Waals surface area contributed by atoms with E-state index in [0.29, 0.717) is 0 Å². The predicted molar refractivity (Wildman–Crippen MR) is 88.4 cm³/mol. The van der Waals surface area contributed by atoms with Gasteiger partial charge in [0.2, 0.25) is 0 Å². The molecule has 1 aliphatic rings. The third-order valence-corrected chi connectivity index (χ3v) is 3.78. The van der Waals surface area contributed by atoms with Crippen molar-refractivity contribution in [3.05, 3.63) is 83.9 Å². The van der Waals surface area contributed by atoms with E-state index in [1.54, 1.807) is 0 Å². The maximum atomic E-state index is 6.04. The van der Waals surface area contributed by atoms with Gasteiger partial charge in [0, 0.05) is 12.0 Å². The fraction of sp³-hybridized carbons (Fsp3) is 0.0526. The summed E-state index contributed by atoms with van der Waals surface area (Å²) in [5.74, 6) is 1.95. The van der Waals surface area contributed by atoms with Crippen LogP contribution in [0.15, 0.2) is 72.8 Å². The van der Waals surface area contributed by atoms with E-state index in [1.807, 2.05) is 18.2 Å². The standard InChI is InChI=1S/C19H14O.ClH/c1-2-7-14(8-3-1)16-10-6-12-19-17(16)13-15-9-4-5-11-18(15)20-19;/h1-12H,13H2;1H. The van der Waals surface area contributed by atoms with E-state index < -0.39 is 0 Å². The van der Waals surface area contributed by atoms with E-state index in [2.05, 4.69) is 54.6 Å². The van der Waals surface area contributed by atoms with E-state index in [9.17, 15) is 0 Å². The fourth-order valence-corrected chi connectivity index (χ4v) is 2.79. The quantitative estimate of drug-likeness (QED) is 0.452. The molecule has 1 nitrogen and oxygen atoms in total. The Balaban J connectivity index is 0.00000132. The lowest BCUT2D eigenvalue weighted by molar-refractivity contribution is 0.460. The van der Waals surface area contributed by atoms with Crippen LogP contribution in [0.1, 0.15) is 11.1 Å². The van der Waals surface area contributed by atoms with Crippen LogP contribution in [0.3, 0.4) is 0 Å². The highest BCUT2D eigenvalue weighted by atomic mass is 35.5. The molecule has 0 aliphatic carbocycles. The molecule has 0 radical (unpaired) electrons. The van der Waals surface area contributed by atoms with Crippen molar-refractivity contribution in [3.8, 4) is 22.6 Å². The van der Waals surface area contributed by atoms with Gasteiger partial charge >= 0.3 is 0 Å². The number of hydrogen-bond donors (Lipinski definition) is 0. The second kappa shape index (κ2) is 5.63. The van der Waals surface area contributed by atoms with Gasteiger partial charge in [-0.25, -0.2) is 0 Å². The summed E-state index contributed by atoms with van der Waals surface area (Å²) < 4.78 is 6.04. The van der Waals surface area contributed by atoms with Gasteiger partial charge in [0.15, 0.2) is 0 Å². The zero-order valence-corrected chi connectivity index (χ0v) is 12.3. The summed E-state index contributed by atoms with van der Waals surface area (Å²) >= 11 is 0. The Morgan fingerprint density at radius 1 is 0.667 bits per heavy atom. The summed E-state index contributed by atoms with van der Waals surface area (Å²) in [5.41, 5.74) is 5.03. The second-order valence-electron chi connectivity index (χ2n) is 5.03. The van der Waals surface area contributed by atoms with Crippen molar-refractivity contribution in [1.82, 2.24) is 0 Å². The van der Waals surface area contributed by atoms with Crippen LogP contribution in [0, 0.1) is 0 Å². The number of hydrogen-bond acceptors (Lipinski definition) is 1. The minimum Gasteiger partial charge on any atom is -0.457 e. The van der Waals surface area contributed by atoms with E-state index in [0.717, 1.165) is 17.9 Å².